The van der Waals surface area contributed by atoms with E-state index in [1.54, 1.807) is 24.4 Å². The molecule has 0 N–H and O–H groups in total. The zero-order valence-electron chi connectivity index (χ0n) is 18.6. The third-order valence-corrected chi connectivity index (χ3v) is 6.10. The van der Waals surface area contributed by atoms with Gasteiger partial charge >= 0.3 is 5.97 Å². The van der Waals surface area contributed by atoms with Crippen LogP contribution in [0.3, 0.4) is 0 Å². The highest BCUT2D eigenvalue weighted by atomic mass is 79.9. The maximum atomic E-state index is 13.3. The van der Waals surface area contributed by atoms with Crippen molar-refractivity contribution in [3.8, 4) is 11.5 Å². The molecular formula is C23H23Br2N3O5. The monoisotopic (exact) mass is 579 g/mol. The summed E-state index contributed by atoms with van der Waals surface area (Å²) in [7, 11) is 2.78. The molecule has 0 saturated heterocycles. The van der Waals surface area contributed by atoms with Gasteiger partial charge in [0.1, 0.15) is 5.82 Å². The molecule has 1 atom stereocenters. The Bertz CT molecular complexity index is 1270. The third-order valence-electron chi connectivity index (χ3n) is 5.02. The van der Waals surface area contributed by atoms with Crippen LogP contribution >= 0.6 is 31.9 Å². The first-order valence-corrected chi connectivity index (χ1v) is 11.7. The average Bonchev–Trinajstić information content (AvgIpc) is 2.81. The zero-order valence-corrected chi connectivity index (χ0v) is 21.8. The summed E-state index contributed by atoms with van der Waals surface area (Å²) in [5.74, 6) is 0.845. The molecule has 2 aromatic carbocycles. The number of fused-ring (bicyclic) bond motifs is 1. The molecule has 0 fully saturated rings. The molecule has 0 aliphatic heterocycles. The number of halogens is 2. The van der Waals surface area contributed by atoms with E-state index in [1.807, 2.05) is 26.0 Å². The quantitative estimate of drug-likeness (QED) is 0.279. The smallest absolute Gasteiger partial charge is 0.343 e. The van der Waals surface area contributed by atoms with Gasteiger partial charge in [-0.2, -0.15) is 9.78 Å². The van der Waals surface area contributed by atoms with Crippen LogP contribution in [0.1, 0.15) is 37.6 Å². The van der Waals surface area contributed by atoms with Gasteiger partial charge in [-0.1, -0.05) is 29.8 Å². The lowest BCUT2D eigenvalue weighted by Gasteiger charge is -2.14. The molecule has 3 aromatic rings. The number of aromatic nitrogens is 2. The summed E-state index contributed by atoms with van der Waals surface area (Å²) in [6.07, 6.45) is 2.35. The number of nitrogens with zero attached hydrogens (tertiary/aromatic N) is 3. The summed E-state index contributed by atoms with van der Waals surface area (Å²) >= 11 is 6.85. The molecule has 174 valence electrons. The summed E-state index contributed by atoms with van der Waals surface area (Å²) in [6, 6.07) is 8.86. The Kier molecular flexibility index (Phi) is 8.25. The fourth-order valence-corrected chi connectivity index (χ4v) is 3.98. The van der Waals surface area contributed by atoms with Crippen LogP contribution in [0.4, 0.5) is 0 Å². The topological polar surface area (TPSA) is 92.0 Å². The molecule has 0 saturated carbocycles. The zero-order chi connectivity index (χ0) is 24.1. The standard InChI is InChI=1S/C23H23Br2N3O5/c1-5-13(2)22-27-18-7-6-15(24)10-16(18)23(30)28(22)26-11-14-8-17(25)21(19(9-14)31-3)33-12-20(29)32-4/h6-11,13H,5,12H2,1-4H3/t13-/m1/s1. The first-order chi connectivity index (χ1) is 15.8. The maximum Gasteiger partial charge on any atom is 0.343 e. The number of carbonyl (C=O) groups is 1. The highest BCUT2D eigenvalue weighted by molar-refractivity contribution is 9.10. The third kappa shape index (κ3) is 5.62. The van der Waals surface area contributed by atoms with Crippen molar-refractivity contribution in [3.63, 3.8) is 0 Å². The molecule has 0 aliphatic carbocycles. The Morgan fingerprint density at radius 3 is 2.67 bits per heavy atom. The van der Waals surface area contributed by atoms with E-state index in [2.05, 4.69) is 41.7 Å². The van der Waals surface area contributed by atoms with Crippen molar-refractivity contribution in [2.75, 3.05) is 20.8 Å². The Morgan fingerprint density at radius 1 is 1.24 bits per heavy atom. The van der Waals surface area contributed by atoms with Crippen molar-refractivity contribution < 1.29 is 19.0 Å². The van der Waals surface area contributed by atoms with Crippen LogP contribution in [-0.2, 0) is 9.53 Å². The van der Waals surface area contributed by atoms with E-state index in [4.69, 9.17) is 14.5 Å². The lowest BCUT2D eigenvalue weighted by Crippen LogP contribution is -2.23. The fraction of sp³-hybridized carbons (Fsp3) is 0.304. The number of methoxy groups -OCH3 is 2. The molecular weight excluding hydrogens is 558 g/mol. The van der Waals surface area contributed by atoms with E-state index >= 15 is 0 Å². The SMILES string of the molecule is CC[C@@H](C)c1nc2ccc(Br)cc2c(=O)n1N=Cc1cc(Br)c(OCC(=O)OC)c(OC)c1. The first-order valence-electron chi connectivity index (χ1n) is 10.1. The second-order valence-corrected chi connectivity index (χ2v) is 8.97. The Labute approximate surface area is 207 Å². The van der Waals surface area contributed by atoms with Gasteiger partial charge in [-0.15, -0.1) is 0 Å². The van der Waals surface area contributed by atoms with E-state index in [0.29, 0.717) is 38.3 Å². The second-order valence-electron chi connectivity index (χ2n) is 7.20. The highest BCUT2D eigenvalue weighted by Crippen LogP contribution is 2.36. The number of rotatable bonds is 8. The second kappa shape index (κ2) is 10.9. The van der Waals surface area contributed by atoms with Crippen LogP contribution in [0.5, 0.6) is 11.5 Å². The lowest BCUT2D eigenvalue weighted by atomic mass is 10.1. The number of esters is 1. The molecule has 0 unspecified atom stereocenters. The van der Waals surface area contributed by atoms with Crippen molar-refractivity contribution in [1.29, 1.82) is 0 Å². The first kappa shape index (κ1) is 24.9. The predicted octanol–water partition coefficient (Wildman–Crippen LogP) is 4.88. The van der Waals surface area contributed by atoms with Crippen molar-refractivity contribution in [3.05, 3.63) is 61.0 Å². The molecule has 10 heteroatoms. The minimum Gasteiger partial charge on any atom is -0.493 e. The van der Waals surface area contributed by atoms with E-state index < -0.39 is 5.97 Å². The minimum absolute atomic E-state index is 0.0262. The fourth-order valence-electron chi connectivity index (χ4n) is 3.05. The van der Waals surface area contributed by atoms with Crippen LogP contribution in [0, 0.1) is 0 Å². The van der Waals surface area contributed by atoms with Crippen LogP contribution in [0.2, 0.25) is 0 Å². The van der Waals surface area contributed by atoms with Crippen LogP contribution < -0.4 is 15.0 Å². The summed E-state index contributed by atoms with van der Waals surface area (Å²) in [4.78, 5) is 29.4. The van der Waals surface area contributed by atoms with Gasteiger partial charge in [0.25, 0.3) is 5.56 Å². The largest absolute Gasteiger partial charge is 0.493 e. The maximum absolute atomic E-state index is 13.3. The molecule has 3 rings (SSSR count). The van der Waals surface area contributed by atoms with Crippen molar-refractivity contribution in [2.45, 2.75) is 26.2 Å². The van der Waals surface area contributed by atoms with Crippen molar-refractivity contribution in [2.24, 2.45) is 5.10 Å². The van der Waals surface area contributed by atoms with Gasteiger partial charge in [-0.25, -0.2) is 9.78 Å². The minimum atomic E-state index is -0.512. The van der Waals surface area contributed by atoms with Crippen LogP contribution in [-0.4, -0.2) is 42.7 Å². The molecule has 0 radical (unpaired) electrons. The van der Waals surface area contributed by atoms with Gasteiger partial charge < -0.3 is 14.2 Å². The molecule has 0 amide bonds. The molecule has 0 spiro atoms. The van der Waals surface area contributed by atoms with Gasteiger partial charge in [-0.05, 0) is 58.2 Å². The van der Waals surface area contributed by atoms with Crippen LogP contribution in [0.25, 0.3) is 10.9 Å². The number of ether oxygens (including phenoxy) is 3. The normalized spacial score (nSPS) is 12.2. The van der Waals surface area contributed by atoms with E-state index in [-0.39, 0.29) is 18.1 Å². The van der Waals surface area contributed by atoms with Gasteiger partial charge in [0.05, 0.1) is 35.8 Å². The van der Waals surface area contributed by atoms with E-state index in [0.717, 1.165) is 10.9 Å². The van der Waals surface area contributed by atoms with Gasteiger partial charge in [0, 0.05) is 10.4 Å². The van der Waals surface area contributed by atoms with Gasteiger partial charge in [0.2, 0.25) is 0 Å². The van der Waals surface area contributed by atoms with Crippen molar-refractivity contribution >= 4 is 54.9 Å². The Morgan fingerprint density at radius 2 is 2.00 bits per heavy atom. The molecule has 0 aliphatic rings. The Hall–Kier alpha value is -2.72. The summed E-state index contributed by atoms with van der Waals surface area (Å²) in [5, 5.41) is 4.94. The highest BCUT2D eigenvalue weighted by Gasteiger charge is 2.17. The number of hydrogen-bond acceptors (Lipinski definition) is 7. The van der Waals surface area contributed by atoms with E-state index in [9.17, 15) is 9.59 Å². The van der Waals surface area contributed by atoms with Crippen LogP contribution in [0.15, 0.2) is 49.2 Å². The summed E-state index contributed by atoms with van der Waals surface area (Å²) < 4.78 is 18.2. The van der Waals surface area contributed by atoms with Gasteiger partial charge in [-0.3, -0.25) is 4.79 Å². The van der Waals surface area contributed by atoms with Crippen molar-refractivity contribution in [1.82, 2.24) is 9.66 Å². The molecule has 1 aromatic heterocycles. The summed E-state index contributed by atoms with van der Waals surface area (Å²) in [5.41, 5.74) is 1.03. The number of benzene rings is 2. The molecule has 0 bridgehead atoms. The van der Waals surface area contributed by atoms with Gasteiger partial charge in [0.15, 0.2) is 18.1 Å². The summed E-state index contributed by atoms with van der Waals surface area (Å²) in [6.45, 7) is 3.78. The number of carbonyl (C=O) groups excluding carboxylic acids is 1. The lowest BCUT2D eigenvalue weighted by molar-refractivity contribution is -0.142. The molecule has 1 heterocycles. The van der Waals surface area contributed by atoms with E-state index in [1.165, 1.54) is 18.9 Å². The Balaban J connectivity index is 2.06. The average molecular weight is 581 g/mol. The molecule has 33 heavy (non-hydrogen) atoms. The molecule has 8 nitrogen and oxygen atoms in total. The number of hydrogen-bond donors (Lipinski definition) is 0. The predicted molar refractivity (Wildman–Crippen MR) is 134 cm³/mol.